The molecule has 3 nitrogen and oxygen atoms in total. The molecule has 0 atom stereocenters. The number of hydrogen-bond acceptors (Lipinski definition) is 3. The molecule has 0 fully saturated rings. The number of hydrogen-bond donors (Lipinski definition) is 1. The van der Waals surface area contributed by atoms with E-state index < -0.39 is 0 Å². The van der Waals surface area contributed by atoms with Crippen molar-refractivity contribution in [2.45, 2.75) is 6.92 Å². The van der Waals surface area contributed by atoms with Crippen LogP contribution in [0.2, 0.25) is 0 Å². The summed E-state index contributed by atoms with van der Waals surface area (Å²) in [5.41, 5.74) is 2.82. The molecule has 0 radical (unpaired) electrons. The SMILES string of the molecule is CCOC(=S)Nc1c2ccccc2nc2ccccc12. The summed E-state index contributed by atoms with van der Waals surface area (Å²) in [6.45, 7) is 2.46. The second kappa shape index (κ2) is 5.43. The Morgan fingerprint density at radius 2 is 1.60 bits per heavy atom. The van der Waals surface area contributed by atoms with Crippen LogP contribution in [-0.4, -0.2) is 16.8 Å². The van der Waals surface area contributed by atoms with Crippen LogP contribution in [0, 0.1) is 0 Å². The molecule has 1 heterocycles. The molecule has 20 heavy (non-hydrogen) atoms. The van der Waals surface area contributed by atoms with Crippen molar-refractivity contribution in [3.8, 4) is 0 Å². The summed E-state index contributed by atoms with van der Waals surface area (Å²) >= 11 is 5.21. The minimum Gasteiger partial charge on any atom is -0.471 e. The number of benzene rings is 2. The Balaban J connectivity index is 2.25. The molecule has 2 aromatic carbocycles. The normalized spacial score (nSPS) is 10.7. The number of para-hydroxylation sites is 2. The van der Waals surface area contributed by atoms with Gasteiger partial charge in [-0.15, -0.1) is 0 Å². The second-order valence-corrected chi connectivity index (χ2v) is 4.74. The summed E-state index contributed by atoms with van der Waals surface area (Å²) in [6.07, 6.45) is 0. The van der Waals surface area contributed by atoms with Gasteiger partial charge in [-0.3, -0.25) is 0 Å². The highest BCUT2D eigenvalue weighted by Gasteiger charge is 2.09. The first-order chi connectivity index (χ1) is 9.79. The minimum atomic E-state index is 0.383. The van der Waals surface area contributed by atoms with E-state index in [1.54, 1.807) is 0 Å². The van der Waals surface area contributed by atoms with Crippen LogP contribution in [0.3, 0.4) is 0 Å². The molecule has 0 aliphatic heterocycles. The smallest absolute Gasteiger partial charge is 0.261 e. The first kappa shape index (κ1) is 12.8. The number of nitrogens with zero attached hydrogens (tertiary/aromatic N) is 1. The molecule has 3 rings (SSSR count). The fourth-order valence-corrected chi connectivity index (χ4v) is 2.46. The molecule has 4 heteroatoms. The van der Waals surface area contributed by atoms with Gasteiger partial charge in [0.15, 0.2) is 0 Å². The van der Waals surface area contributed by atoms with Gasteiger partial charge in [-0.05, 0) is 31.3 Å². The van der Waals surface area contributed by atoms with E-state index >= 15 is 0 Å². The van der Waals surface area contributed by atoms with Crippen molar-refractivity contribution in [1.29, 1.82) is 0 Å². The monoisotopic (exact) mass is 282 g/mol. The first-order valence-corrected chi connectivity index (χ1v) is 6.91. The number of ether oxygens (including phenoxy) is 1. The number of rotatable bonds is 2. The molecular formula is C16H14N2OS. The maximum Gasteiger partial charge on any atom is 0.261 e. The number of fused-ring (bicyclic) bond motifs is 2. The largest absolute Gasteiger partial charge is 0.471 e. The Morgan fingerprint density at radius 3 is 2.15 bits per heavy atom. The zero-order valence-corrected chi connectivity index (χ0v) is 11.9. The number of pyridine rings is 1. The van der Waals surface area contributed by atoms with Gasteiger partial charge in [0.05, 0.1) is 23.3 Å². The molecular weight excluding hydrogens is 268 g/mol. The number of aromatic nitrogens is 1. The van der Waals surface area contributed by atoms with E-state index in [1.165, 1.54) is 0 Å². The first-order valence-electron chi connectivity index (χ1n) is 6.51. The van der Waals surface area contributed by atoms with Gasteiger partial charge in [0.2, 0.25) is 0 Å². The van der Waals surface area contributed by atoms with E-state index in [9.17, 15) is 0 Å². The van der Waals surface area contributed by atoms with Crippen LogP contribution >= 0.6 is 12.2 Å². The minimum absolute atomic E-state index is 0.383. The van der Waals surface area contributed by atoms with Crippen LogP contribution in [0.1, 0.15) is 6.92 Å². The maximum atomic E-state index is 5.34. The summed E-state index contributed by atoms with van der Waals surface area (Å²) in [4.78, 5) is 4.67. The Labute approximate surface area is 122 Å². The van der Waals surface area contributed by atoms with Crippen LogP contribution in [0.25, 0.3) is 21.8 Å². The third kappa shape index (κ3) is 2.30. The molecule has 0 bridgehead atoms. The number of thiocarbonyl (C=S) groups is 1. The van der Waals surface area contributed by atoms with Crippen molar-refractivity contribution in [2.24, 2.45) is 0 Å². The lowest BCUT2D eigenvalue weighted by Crippen LogP contribution is -2.13. The van der Waals surface area contributed by atoms with Crippen molar-refractivity contribution in [3.63, 3.8) is 0 Å². The van der Waals surface area contributed by atoms with Gasteiger partial charge in [-0.2, -0.15) is 0 Å². The highest BCUT2D eigenvalue weighted by Crippen LogP contribution is 2.30. The van der Waals surface area contributed by atoms with E-state index in [0.29, 0.717) is 11.8 Å². The molecule has 0 spiro atoms. The summed E-state index contributed by atoms with van der Waals surface area (Å²) in [5, 5.41) is 5.65. The van der Waals surface area contributed by atoms with Crippen LogP contribution in [0.5, 0.6) is 0 Å². The number of anilines is 1. The molecule has 0 saturated heterocycles. The lowest BCUT2D eigenvalue weighted by atomic mass is 10.1. The standard InChI is InChI=1S/C16H14N2OS/c1-2-19-16(20)18-15-11-7-3-5-9-13(11)17-14-10-6-4-8-12(14)15/h3-10H,2H2,1H3,(H,17,18,20). The highest BCUT2D eigenvalue weighted by atomic mass is 32.1. The van der Waals surface area contributed by atoms with Crippen LogP contribution in [-0.2, 0) is 4.74 Å². The van der Waals surface area contributed by atoms with Gasteiger partial charge in [-0.25, -0.2) is 4.98 Å². The van der Waals surface area contributed by atoms with Gasteiger partial charge in [0.25, 0.3) is 5.17 Å². The van der Waals surface area contributed by atoms with E-state index in [2.05, 4.69) is 10.3 Å². The third-order valence-corrected chi connectivity index (χ3v) is 3.31. The second-order valence-electron chi connectivity index (χ2n) is 4.37. The summed E-state index contributed by atoms with van der Waals surface area (Å²) < 4.78 is 5.34. The summed E-state index contributed by atoms with van der Waals surface area (Å²) in [5.74, 6) is 0. The third-order valence-electron chi connectivity index (χ3n) is 3.09. The lowest BCUT2D eigenvalue weighted by molar-refractivity contribution is 0.335. The summed E-state index contributed by atoms with van der Waals surface area (Å²) in [7, 11) is 0. The van der Waals surface area contributed by atoms with E-state index in [0.717, 1.165) is 27.5 Å². The lowest BCUT2D eigenvalue weighted by Gasteiger charge is -2.13. The van der Waals surface area contributed by atoms with E-state index in [1.807, 2.05) is 55.5 Å². The van der Waals surface area contributed by atoms with Gasteiger partial charge >= 0.3 is 0 Å². The maximum absolute atomic E-state index is 5.34. The Morgan fingerprint density at radius 1 is 1.05 bits per heavy atom. The van der Waals surface area contributed by atoms with E-state index in [4.69, 9.17) is 17.0 Å². The quantitative estimate of drug-likeness (QED) is 0.566. The molecule has 0 aliphatic carbocycles. The molecule has 1 aromatic heterocycles. The number of nitrogens with one attached hydrogen (secondary N) is 1. The molecule has 0 saturated carbocycles. The van der Waals surface area contributed by atoms with E-state index in [-0.39, 0.29) is 0 Å². The molecule has 3 aromatic rings. The van der Waals surface area contributed by atoms with Crippen molar-refractivity contribution in [1.82, 2.24) is 4.98 Å². The predicted octanol–water partition coefficient (Wildman–Crippen LogP) is 4.12. The zero-order chi connectivity index (χ0) is 13.9. The average molecular weight is 282 g/mol. The highest BCUT2D eigenvalue weighted by molar-refractivity contribution is 7.80. The predicted molar refractivity (Wildman–Crippen MR) is 87.1 cm³/mol. The van der Waals surface area contributed by atoms with Crippen LogP contribution in [0.4, 0.5) is 5.69 Å². The average Bonchev–Trinajstić information content (AvgIpc) is 2.47. The fraction of sp³-hybridized carbons (Fsp3) is 0.125. The molecule has 0 aliphatic rings. The van der Waals surface area contributed by atoms with Crippen molar-refractivity contribution >= 4 is 44.9 Å². The van der Waals surface area contributed by atoms with Crippen LogP contribution in [0.15, 0.2) is 48.5 Å². The van der Waals surface area contributed by atoms with Gasteiger partial charge in [0.1, 0.15) is 0 Å². The molecule has 0 amide bonds. The Bertz CT molecular complexity index is 732. The van der Waals surface area contributed by atoms with Gasteiger partial charge in [0, 0.05) is 10.8 Å². The van der Waals surface area contributed by atoms with Crippen LogP contribution < -0.4 is 5.32 Å². The fourth-order valence-electron chi connectivity index (χ4n) is 2.24. The molecule has 0 unspecified atom stereocenters. The van der Waals surface area contributed by atoms with Crippen molar-refractivity contribution in [2.75, 3.05) is 11.9 Å². The molecule has 1 N–H and O–H groups in total. The molecule has 100 valence electrons. The zero-order valence-electron chi connectivity index (χ0n) is 11.1. The Hall–Kier alpha value is -2.20. The van der Waals surface area contributed by atoms with Crippen molar-refractivity contribution < 1.29 is 4.74 Å². The van der Waals surface area contributed by atoms with Crippen molar-refractivity contribution in [3.05, 3.63) is 48.5 Å². The van der Waals surface area contributed by atoms with Gasteiger partial charge in [-0.1, -0.05) is 36.4 Å². The van der Waals surface area contributed by atoms with Gasteiger partial charge < -0.3 is 10.1 Å². The topological polar surface area (TPSA) is 34.1 Å². The summed E-state index contributed by atoms with van der Waals surface area (Å²) in [6, 6.07) is 16.0. The Kier molecular flexibility index (Phi) is 3.48.